The van der Waals surface area contributed by atoms with E-state index in [1.54, 1.807) is 37.3 Å². The van der Waals surface area contributed by atoms with Gasteiger partial charge in [0.1, 0.15) is 17.2 Å². The predicted molar refractivity (Wildman–Crippen MR) is 129 cm³/mol. The summed E-state index contributed by atoms with van der Waals surface area (Å²) in [6, 6.07) is 20.1. The number of aryl methyl sites for hydroxylation is 1. The van der Waals surface area contributed by atoms with E-state index in [1.807, 2.05) is 43.3 Å². The molecule has 0 unspecified atom stereocenters. The van der Waals surface area contributed by atoms with Crippen molar-refractivity contribution in [1.29, 1.82) is 0 Å². The van der Waals surface area contributed by atoms with E-state index in [1.165, 1.54) is 0 Å². The number of nitrogens with one attached hydrogen (secondary N) is 2. The summed E-state index contributed by atoms with van der Waals surface area (Å²) in [5.74, 6) is 0.529. The molecular weight excluding hydrogens is 440 g/mol. The highest BCUT2D eigenvalue weighted by molar-refractivity contribution is 6.32. The molecule has 6 nitrogen and oxygen atoms in total. The molecule has 0 fully saturated rings. The lowest BCUT2D eigenvalue weighted by molar-refractivity contribution is -0.142. The summed E-state index contributed by atoms with van der Waals surface area (Å²) < 4.78 is 10.9. The number of H-pyrrole nitrogens is 1. The number of esters is 1. The first-order valence-electron chi connectivity index (χ1n) is 10.5. The molecule has 0 saturated heterocycles. The van der Waals surface area contributed by atoms with Crippen LogP contribution in [0.1, 0.15) is 28.5 Å². The van der Waals surface area contributed by atoms with Crippen LogP contribution in [0.5, 0.6) is 11.5 Å². The van der Waals surface area contributed by atoms with Gasteiger partial charge in [0.15, 0.2) is 0 Å². The number of anilines is 1. The molecule has 0 spiro atoms. The minimum Gasteiger partial charge on any atom is -0.466 e. The number of benzene rings is 3. The molecule has 4 aromatic rings. The summed E-state index contributed by atoms with van der Waals surface area (Å²) in [4.78, 5) is 27.5. The number of para-hydroxylation sites is 1. The quantitative estimate of drug-likeness (QED) is 0.317. The number of aromatic nitrogens is 1. The summed E-state index contributed by atoms with van der Waals surface area (Å²) in [6.45, 7) is 3.99. The minimum atomic E-state index is -0.303. The summed E-state index contributed by atoms with van der Waals surface area (Å²) >= 11 is 6.34. The molecule has 1 amide bonds. The van der Waals surface area contributed by atoms with Crippen LogP contribution in [0, 0.1) is 6.92 Å². The highest BCUT2D eigenvalue weighted by atomic mass is 35.5. The van der Waals surface area contributed by atoms with E-state index in [2.05, 4.69) is 10.3 Å². The summed E-state index contributed by atoms with van der Waals surface area (Å²) in [5.41, 5.74) is 3.67. The normalized spacial score (nSPS) is 10.8. The van der Waals surface area contributed by atoms with E-state index in [0.717, 1.165) is 22.0 Å². The first kappa shape index (κ1) is 22.4. The van der Waals surface area contributed by atoms with Crippen LogP contribution in [0.25, 0.3) is 10.9 Å². The van der Waals surface area contributed by atoms with Gasteiger partial charge in [-0.2, -0.15) is 0 Å². The molecule has 0 aliphatic carbocycles. The number of rotatable bonds is 7. The topological polar surface area (TPSA) is 80.4 Å². The zero-order chi connectivity index (χ0) is 23.4. The maximum atomic E-state index is 12.7. The lowest BCUT2D eigenvalue weighted by Crippen LogP contribution is -2.13. The zero-order valence-electron chi connectivity index (χ0n) is 18.3. The second-order valence-corrected chi connectivity index (χ2v) is 7.96. The maximum absolute atomic E-state index is 12.7. The molecule has 1 aromatic heterocycles. The van der Waals surface area contributed by atoms with Gasteiger partial charge in [-0.25, -0.2) is 0 Å². The Balaban J connectivity index is 1.44. The molecule has 33 heavy (non-hydrogen) atoms. The van der Waals surface area contributed by atoms with Crippen molar-refractivity contribution in [2.24, 2.45) is 0 Å². The Morgan fingerprint density at radius 2 is 1.85 bits per heavy atom. The number of hydrogen-bond acceptors (Lipinski definition) is 4. The van der Waals surface area contributed by atoms with E-state index in [4.69, 9.17) is 21.1 Å². The SMILES string of the molecule is CCOC(=O)Cc1ccc(Oc2ccc(NC(=O)c3cc4ccccc4[nH]3)c(C)c2)c(Cl)c1. The van der Waals surface area contributed by atoms with Crippen molar-refractivity contribution >= 4 is 40.1 Å². The van der Waals surface area contributed by atoms with Gasteiger partial charge < -0.3 is 19.8 Å². The van der Waals surface area contributed by atoms with Gasteiger partial charge in [0.2, 0.25) is 0 Å². The molecule has 0 aliphatic heterocycles. The predicted octanol–water partition coefficient (Wildman–Crippen LogP) is 6.28. The summed E-state index contributed by atoms with van der Waals surface area (Å²) in [6.07, 6.45) is 0.151. The fourth-order valence-corrected chi connectivity index (χ4v) is 3.71. The molecule has 1 heterocycles. The number of carbonyl (C=O) groups excluding carboxylic acids is 2. The van der Waals surface area contributed by atoms with Crippen LogP contribution in [0.4, 0.5) is 5.69 Å². The fourth-order valence-electron chi connectivity index (χ4n) is 3.47. The number of hydrogen-bond donors (Lipinski definition) is 2. The average Bonchev–Trinajstić information content (AvgIpc) is 3.22. The molecule has 0 aliphatic rings. The largest absolute Gasteiger partial charge is 0.466 e. The van der Waals surface area contributed by atoms with Gasteiger partial charge in [-0.1, -0.05) is 35.9 Å². The monoisotopic (exact) mass is 462 g/mol. The second kappa shape index (κ2) is 9.79. The van der Waals surface area contributed by atoms with Crippen LogP contribution < -0.4 is 10.1 Å². The van der Waals surface area contributed by atoms with Crippen LogP contribution in [0.2, 0.25) is 5.02 Å². The average molecular weight is 463 g/mol. The molecule has 0 bridgehead atoms. The number of ether oxygens (including phenoxy) is 2. The Labute approximate surface area is 196 Å². The van der Waals surface area contributed by atoms with Crippen LogP contribution in [-0.2, 0) is 16.0 Å². The fraction of sp³-hybridized carbons (Fsp3) is 0.154. The third-order valence-electron chi connectivity index (χ3n) is 5.10. The lowest BCUT2D eigenvalue weighted by Gasteiger charge is -2.12. The molecule has 7 heteroatoms. The van der Waals surface area contributed by atoms with Gasteiger partial charge in [0.25, 0.3) is 5.91 Å². The minimum absolute atomic E-state index is 0.151. The third kappa shape index (κ3) is 5.35. The molecule has 3 aromatic carbocycles. The Morgan fingerprint density at radius 1 is 1.03 bits per heavy atom. The number of fused-ring (bicyclic) bond motifs is 1. The van der Waals surface area contributed by atoms with Crippen molar-refractivity contribution < 1.29 is 19.1 Å². The molecular formula is C26H23ClN2O4. The Kier molecular flexibility index (Phi) is 6.66. The molecule has 0 atom stereocenters. The van der Waals surface area contributed by atoms with Crippen LogP contribution in [0.15, 0.2) is 66.7 Å². The van der Waals surface area contributed by atoms with E-state index in [-0.39, 0.29) is 18.3 Å². The Hall–Kier alpha value is -3.77. The smallest absolute Gasteiger partial charge is 0.310 e. The molecule has 168 valence electrons. The summed E-state index contributed by atoms with van der Waals surface area (Å²) in [5, 5.41) is 4.30. The maximum Gasteiger partial charge on any atom is 0.310 e. The first-order valence-corrected chi connectivity index (χ1v) is 10.9. The number of amides is 1. The van der Waals surface area contributed by atoms with Crippen LogP contribution in [0.3, 0.4) is 0 Å². The van der Waals surface area contributed by atoms with Crippen molar-refractivity contribution in [2.75, 3.05) is 11.9 Å². The molecule has 0 saturated carbocycles. The lowest BCUT2D eigenvalue weighted by atomic mass is 10.1. The standard InChI is InChI=1S/C26H23ClN2O4/c1-3-32-25(30)14-17-8-11-24(20(27)13-17)33-19-9-10-21(16(2)12-19)29-26(31)23-15-18-6-4-5-7-22(18)28-23/h4-13,15,28H,3,14H2,1-2H3,(H,29,31). The van der Waals surface area contributed by atoms with E-state index >= 15 is 0 Å². The number of halogens is 1. The van der Waals surface area contributed by atoms with Crippen molar-refractivity contribution in [1.82, 2.24) is 4.98 Å². The Bertz CT molecular complexity index is 1300. The van der Waals surface area contributed by atoms with Crippen LogP contribution >= 0.6 is 11.6 Å². The third-order valence-corrected chi connectivity index (χ3v) is 5.39. The van der Waals surface area contributed by atoms with Crippen molar-refractivity contribution in [3.63, 3.8) is 0 Å². The van der Waals surface area contributed by atoms with E-state index in [0.29, 0.717) is 34.5 Å². The van der Waals surface area contributed by atoms with Crippen LogP contribution in [-0.4, -0.2) is 23.5 Å². The van der Waals surface area contributed by atoms with Gasteiger partial charge in [-0.05, 0) is 67.4 Å². The molecule has 0 radical (unpaired) electrons. The number of aromatic amines is 1. The Morgan fingerprint density at radius 3 is 2.58 bits per heavy atom. The van der Waals surface area contributed by atoms with E-state index in [9.17, 15) is 9.59 Å². The van der Waals surface area contributed by atoms with E-state index < -0.39 is 0 Å². The first-order chi connectivity index (χ1) is 15.9. The number of carbonyl (C=O) groups is 2. The molecule has 2 N–H and O–H groups in total. The van der Waals surface area contributed by atoms with Gasteiger partial charge >= 0.3 is 5.97 Å². The van der Waals surface area contributed by atoms with Gasteiger partial charge in [0, 0.05) is 16.6 Å². The second-order valence-electron chi connectivity index (χ2n) is 7.55. The van der Waals surface area contributed by atoms with Crippen molar-refractivity contribution in [3.8, 4) is 11.5 Å². The summed E-state index contributed by atoms with van der Waals surface area (Å²) in [7, 11) is 0. The van der Waals surface area contributed by atoms with Gasteiger partial charge in [-0.15, -0.1) is 0 Å². The zero-order valence-corrected chi connectivity index (χ0v) is 19.0. The highest BCUT2D eigenvalue weighted by Gasteiger charge is 2.13. The van der Waals surface area contributed by atoms with Crippen molar-refractivity contribution in [2.45, 2.75) is 20.3 Å². The van der Waals surface area contributed by atoms with Gasteiger partial charge in [-0.3, -0.25) is 9.59 Å². The highest BCUT2D eigenvalue weighted by Crippen LogP contribution is 2.32. The molecule has 4 rings (SSSR count). The van der Waals surface area contributed by atoms with Gasteiger partial charge in [0.05, 0.1) is 18.1 Å². The van der Waals surface area contributed by atoms with Crippen molar-refractivity contribution in [3.05, 3.63) is 88.6 Å².